The average Bonchev–Trinajstić information content (AvgIpc) is 3.20. The molecule has 0 N–H and O–H groups in total. The molecule has 1 nitrogen and oxygen atoms in total. The second-order valence-electron chi connectivity index (χ2n) is 4.43. The van der Waals surface area contributed by atoms with Gasteiger partial charge in [-0.15, -0.1) is 12.0 Å². The van der Waals surface area contributed by atoms with Crippen molar-refractivity contribution in [1.82, 2.24) is 4.98 Å². The Kier molecular flexibility index (Phi) is 12.4. The average molecular weight is 504 g/mol. The number of hydrogen-bond acceptors (Lipinski definition) is 2. The Hall–Kier alpha value is 0.0131. The van der Waals surface area contributed by atoms with E-state index in [0.29, 0.717) is 0 Å². The Bertz CT molecular complexity index is 682. The summed E-state index contributed by atoms with van der Waals surface area (Å²) >= 11 is 4.62. The van der Waals surface area contributed by atoms with E-state index in [1.54, 1.807) is 6.20 Å². The van der Waals surface area contributed by atoms with Gasteiger partial charge in [0.25, 0.3) is 0 Å². The van der Waals surface area contributed by atoms with Gasteiger partial charge in [-0.3, -0.25) is 6.08 Å². The SMILES string of the molecule is Brc1ccc2c(c1)Cc1[c-]cncc1-2.[C-]1=CC=CC1.[Cl-].[Cl-].[S]=[Zr+2]. The number of nitrogens with zero attached hydrogens (tertiary/aromatic N) is 1. The normalized spacial score (nSPS) is 11.6. The van der Waals surface area contributed by atoms with E-state index in [9.17, 15) is 0 Å². The molecule has 1 heterocycles. The third-order valence-electron chi connectivity index (χ3n) is 3.15. The van der Waals surface area contributed by atoms with Crippen LogP contribution < -0.4 is 24.8 Å². The first-order valence-corrected chi connectivity index (χ1v) is 10.6. The van der Waals surface area contributed by atoms with Crippen LogP contribution in [0.15, 0.2) is 53.3 Å². The summed E-state index contributed by atoms with van der Waals surface area (Å²) in [6.07, 6.45) is 14.6. The second-order valence-corrected chi connectivity index (χ2v) is 5.34. The minimum absolute atomic E-state index is 0. The van der Waals surface area contributed by atoms with Crippen molar-refractivity contribution in [3.05, 3.63) is 76.6 Å². The number of hydrogen-bond donors (Lipinski definition) is 0. The molecule has 1 aromatic heterocycles. The van der Waals surface area contributed by atoms with Crippen molar-refractivity contribution < 1.29 is 47.5 Å². The van der Waals surface area contributed by atoms with Gasteiger partial charge in [0.15, 0.2) is 0 Å². The third kappa shape index (κ3) is 6.44. The molecular weight excluding hydrogens is 492 g/mol. The van der Waals surface area contributed by atoms with Crippen LogP contribution in [-0.2, 0) is 29.1 Å². The molecule has 0 amide bonds. The van der Waals surface area contributed by atoms with Gasteiger partial charge in [-0.25, -0.2) is 23.8 Å². The van der Waals surface area contributed by atoms with Crippen LogP contribution in [0.2, 0.25) is 0 Å². The van der Waals surface area contributed by atoms with Crippen molar-refractivity contribution in [2.24, 2.45) is 0 Å². The molecule has 2 aromatic rings. The zero-order chi connectivity index (χ0) is 15.1. The first kappa shape index (κ1) is 23.0. The van der Waals surface area contributed by atoms with E-state index in [2.05, 4.69) is 66.2 Å². The van der Waals surface area contributed by atoms with E-state index < -0.39 is 0 Å². The van der Waals surface area contributed by atoms with Crippen LogP contribution in [0, 0.1) is 12.1 Å². The van der Waals surface area contributed by atoms with Gasteiger partial charge in [0.2, 0.25) is 0 Å². The summed E-state index contributed by atoms with van der Waals surface area (Å²) in [5.41, 5.74) is 5.15. The molecule has 0 bridgehead atoms. The first-order valence-electron chi connectivity index (χ1n) is 6.40. The molecule has 2 aliphatic carbocycles. The monoisotopic (exact) mass is 501 g/mol. The van der Waals surface area contributed by atoms with Gasteiger partial charge in [-0.2, -0.15) is 6.08 Å². The molecule has 118 valence electrons. The molecule has 0 aliphatic heterocycles. The van der Waals surface area contributed by atoms with Crippen molar-refractivity contribution in [1.29, 1.82) is 0 Å². The van der Waals surface area contributed by atoms with Crippen molar-refractivity contribution in [2.45, 2.75) is 12.8 Å². The Balaban J connectivity index is 0.000000463. The van der Waals surface area contributed by atoms with Gasteiger partial charge in [0.1, 0.15) is 0 Å². The second kappa shape index (κ2) is 12.4. The number of allylic oxidation sites excluding steroid dienone is 4. The van der Waals surface area contributed by atoms with E-state index in [1.165, 1.54) is 22.3 Å². The number of aromatic nitrogens is 1. The van der Waals surface area contributed by atoms with Crippen LogP contribution in [0.3, 0.4) is 0 Å². The molecule has 0 atom stereocenters. The molecule has 4 rings (SSSR count). The molecule has 0 unspecified atom stereocenters. The molecule has 23 heavy (non-hydrogen) atoms. The van der Waals surface area contributed by atoms with Crippen LogP contribution in [0.4, 0.5) is 0 Å². The fourth-order valence-electron chi connectivity index (χ4n) is 2.26. The molecule has 1 aromatic carbocycles. The Morgan fingerprint density at radius 2 is 1.96 bits per heavy atom. The maximum absolute atomic E-state index is 4.17. The van der Waals surface area contributed by atoms with Gasteiger partial charge in [0, 0.05) is 4.47 Å². The first-order chi connectivity index (χ1) is 10.3. The topological polar surface area (TPSA) is 12.9 Å². The summed E-state index contributed by atoms with van der Waals surface area (Å²) in [4.78, 5) is 4.11. The van der Waals surface area contributed by atoms with E-state index in [-0.39, 0.29) is 24.8 Å². The van der Waals surface area contributed by atoms with Crippen LogP contribution in [0.25, 0.3) is 11.1 Å². The van der Waals surface area contributed by atoms with Crippen LogP contribution in [-0.4, -0.2) is 4.98 Å². The minimum atomic E-state index is 0. The predicted molar refractivity (Wildman–Crippen MR) is 88.2 cm³/mol. The summed E-state index contributed by atoms with van der Waals surface area (Å²) < 4.78 is 1.14. The molecule has 0 saturated carbocycles. The van der Waals surface area contributed by atoms with Crippen LogP contribution in [0.1, 0.15) is 17.5 Å². The summed E-state index contributed by atoms with van der Waals surface area (Å²) in [6, 6.07) is 9.57. The van der Waals surface area contributed by atoms with Crippen LogP contribution in [0.5, 0.6) is 0 Å². The van der Waals surface area contributed by atoms with E-state index in [0.717, 1.165) is 40.0 Å². The van der Waals surface area contributed by atoms with Crippen LogP contribution >= 0.6 is 24.8 Å². The zero-order valence-electron chi connectivity index (χ0n) is 12.0. The molecule has 0 spiro atoms. The van der Waals surface area contributed by atoms with E-state index in [1.807, 2.05) is 18.3 Å². The Morgan fingerprint density at radius 3 is 2.57 bits per heavy atom. The quantitative estimate of drug-likeness (QED) is 0.371. The summed E-state index contributed by atoms with van der Waals surface area (Å²) in [7, 11) is 4.17. The zero-order valence-corrected chi connectivity index (χ0v) is 18.4. The summed E-state index contributed by atoms with van der Waals surface area (Å²) in [5, 5.41) is 0. The summed E-state index contributed by atoms with van der Waals surface area (Å²) in [5.74, 6) is 0. The van der Waals surface area contributed by atoms with Gasteiger partial charge in [-0.1, -0.05) is 39.3 Å². The van der Waals surface area contributed by atoms with Crippen molar-refractivity contribution in [3.63, 3.8) is 0 Å². The Morgan fingerprint density at radius 1 is 1.17 bits per heavy atom. The standard InChI is InChI=1S/C12H7BrN.C5H5.2ClH.S.Zr/c13-10-1-2-11-9(6-10)5-8-3-4-14-7-12(8)11;1-2-4-5-3-1;;;;/h1-2,4,6-7H,5H2;1-3H,4H2;2*1H;;/q2*-1;;;;+2/p-2. The molecule has 0 radical (unpaired) electrons. The van der Waals surface area contributed by atoms with Crippen molar-refractivity contribution in [3.8, 4) is 11.1 Å². The van der Waals surface area contributed by atoms with Gasteiger partial charge in [-0.05, 0) is 24.8 Å². The number of benzene rings is 1. The Labute approximate surface area is 176 Å². The van der Waals surface area contributed by atoms with Gasteiger partial charge in [0.05, 0.1) is 0 Å². The molecule has 2 aliphatic rings. The molecule has 6 heteroatoms. The predicted octanol–water partition coefficient (Wildman–Crippen LogP) is -0.825. The maximum atomic E-state index is 4.17. The third-order valence-corrected chi connectivity index (χ3v) is 3.65. The van der Waals surface area contributed by atoms with Crippen molar-refractivity contribution >= 4 is 24.8 Å². The van der Waals surface area contributed by atoms with E-state index >= 15 is 0 Å². The van der Waals surface area contributed by atoms with Gasteiger partial charge < -0.3 is 29.8 Å². The fourth-order valence-corrected chi connectivity index (χ4v) is 2.67. The molecule has 0 saturated heterocycles. The molecular formula is C17H12BrCl2NSZr-2. The van der Waals surface area contributed by atoms with E-state index in [4.69, 9.17) is 0 Å². The van der Waals surface area contributed by atoms with Crippen molar-refractivity contribution in [2.75, 3.05) is 0 Å². The molecule has 0 fully saturated rings. The number of fused-ring (bicyclic) bond motifs is 3. The van der Waals surface area contributed by atoms with Gasteiger partial charge >= 0.3 is 31.5 Å². The number of pyridine rings is 1. The number of rotatable bonds is 0. The number of halogens is 3. The summed E-state index contributed by atoms with van der Waals surface area (Å²) in [6.45, 7) is 0. The fraction of sp³-hybridized carbons (Fsp3) is 0.118.